The Kier molecular flexibility index (Phi) is 30.4. The van der Waals surface area contributed by atoms with Gasteiger partial charge in [0.25, 0.3) is 11.5 Å². The molecular weight excluding hydrogens is 1470 g/mol. The number of pyridine rings is 1. The Morgan fingerprint density at radius 2 is 1.32 bits per heavy atom. The van der Waals surface area contributed by atoms with Crippen molar-refractivity contribution in [3.05, 3.63) is 122 Å². The average Bonchev–Trinajstić information content (AvgIpc) is 1.55. The third-order valence-electron chi connectivity index (χ3n) is 19.1. The number of aldehydes is 1. The average molecular weight is 1560 g/mol. The maximum Gasteiger partial charge on any atom is 0.343 e. The van der Waals surface area contributed by atoms with E-state index in [0.29, 0.717) is 34.1 Å². The number of aromatic nitrogens is 1. The van der Waals surface area contributed by atoms with Crippen LogP contribution in [0.2, 0.25) is 0 Å². The zero-order chi connectivity index (χ0) is 81.0. The number of benzene rings is 2. The van der Waals surface area contributed by atoms with Gasteiger partial charge in [0.05, 0.1) is 87.4 Å². The SMILES string of the molecule is CC[C@@]1(O)C(=O)OCc2c1cc1n(c2=O)C/C(=C2/c3ccc(F)c(C)c3CC[C@@H]2NC(=O)[C@@H](CO)OCNC(=O)CNC(=O)[C@H](Cc2ccccc2)NC(=O)CNC(=O)CNC(=O)[C@H](CCC(=O)NC[C@H]2O[C@@H](CC(=O)NC[C@H]3O[C@@H](CC(N)=O)[C@H](O)[C@@H]3O)[C@H](O)[C@@H]2O)NC(=O)CCNC(=O)CNC(=O)/C=C\C=O)C1=N. The Labute approximate surface area is 631 Å². The third kappa shape index (κ3) is 22.3. The van der Waals surface area contributed by atoms with Gasteiger partial charge in [0.2, 0.25) is 65.0 Å². The number of rotatable bonds is 37. The number of nitrogens with two attached hydrogens (primary N) is 1. The number of esters is 1. The summed E-state index contributed by atoms with van der Waals surface area (Å²) in [4.78, 5) is 193. The number of aliphatic hydroxyl groups excluding tert-OH is 5. The molecule has 39 nitrogen and oxygen atoms in total. The topological polar surface area (TPSA) is 601 Å². The molecule has 40 heteroatoms. The Hall–Kier alpha value is -11.1. The number of nitrogens with one attached hydrogen (secondary N) is 12. The number of amides is 12. The molecule has 2 saturated heterocycles. The van der Waals surface area contributed by atoms with Gasteiger partial charge in [-0.2, -0.15) is 0 Å². The van der Waals surface area contributed by atoms with Crippen LogP contribution in [0.3, 0.4) is 0 Å². The van der Waals surface area contributed by atoms with Crippen molar-refractivity contribution in [2.75, 3.05) is 59.2 Å². The summed E-state index contributed by atoms with van der Waals surface area (Å²) in [6.07, 6.45) is -12.8. The van der Waals surface area contributed by atoms with Crippen LogP contribution in [-0.4, -0.2) is 256 Å². The number of cyclic esters (lactones) is 1. The molecule has 2 fully saturated rings. The van der Waals surface area contributed by atoms with E-state index in [1.165, 1.54) is 29.7 Å². The molecule has 5 aliphatic rings. The summed E-state index contributed by atoms with van der Waals surface area (Å²) >= 11 is 0. The van der Waals surface area contributed by atoms with Crippen LogP contribution in [0.1, 0.15) is 90.9 Å². The summed E-state index contributed by atoms with van der Waals surface area (Å²) in [7, 11) is 0. The van der Waals surface area contributed by atoms with Crippen LogP contribution >= 0.6 is 0 Å². The second kappa shape index (κ2) is 39.5. The predicted molar refractivity (Wildman–Crippen MR) is 379 cm³/mol. The molecule has 1 aliphatic carbocycles. The number of carbonyl (C=O) groups is 14. The number of fused-ring (bicyclic) bond motifs is 3. The number of ether oxygens (including phenoxy) is 4. The number of allylic oxidation sites excluding steroid dienone is 2. The first kappa shape index (κ1) is 85.5. The lowest BCUT2D eigenvalue weighted by Crippen LogP contribution is -2.53. The molecule has 3 aromatic rings. The number of carbonyl (C=O) groups excluding carboxylic acids is 14. The van der Waals surface area contributed by atoms with Crippen molar-refractivity contribution < 1.29 is 121 Å². The first-order valence-electron chi connectivity index (χ1n) is 35.4. The molecule has 2 aromatic carbocycles. The fourth-order valence-corrected chi connectivity index (χ4v) is 13.0. The Balaban J connectivity index is 0.813. The third-order valence-corrected chi connectivity index (χ3v) is 19.1. The standard InChI is InChI=1S/C71H89FN14O25/c1-3-71(107)40-21-45-61(74)38(30-86(45)69(105)39(40)32-108-70(71)106)60-37-11-13-41(72)34(2)36(37)12-14-42(60)85-68(104)50(31-88)109-33-82-58(96)28-81-67(103)44(20-35-8-5-4-6-9-35)84-59(97)29-79-57(95)27-80-66(102)43(83-54(92)17-18-75-56(94)26-78-52(90)10-7-19-87)15-16-53(91)76-24-48-65(101)63(99)47(111-48)23-55(93)77-25-49-64(100)62(98)46(110-49)22-51(73)89/h4-11,13,19,21,42-44,46-50,62-65,74,88,98-101,107H,3,12,14-18,20,22-33H2,1-2H3,(H2,73,89)(H,75,94)(H,76,91)(H,77,93)(H,78,90)(H,79,95)(H,80,102)(H,81,103)(H,82,96)(H,83,92)(H,84,97)(H,85,104)/b10-7-,60-38+,74-61?/t42-,43-,44-,46-,47-,48+,49+,50+,62-,63-,64+,65+,71-/m0/s1. The van der Waals surface area contributed by atoms with Gasteiger partial charge in [-0.1, -0.05) is 43.3 Å². The van der Waals surface area contributed by atoms with Gasteiger partial charge in [-0.3, -0.25) is 72.5 Å². The highest BCUT2D eigenvalue weighted by atomic mass is 19.1. The molecule has 4 aliphatic heterocycles. The van der Waals surface area contributed by atoms with Gasteiger partial charge in [-0.15, -0.1) is 0 Å². The Morgan fingerprint density at radius 1 is 0.712 bits per heavy atom. The van der Waals surface area contributed by atoms with Crippen molar-refractivity contribution in [3.63, 3.8) is 0 Å². The van der Waals surface area contributed by atoms with E-state index in [2.05, 4.69) is 58.5 Å². The molecule has 0 saturated carbocycles. The lowest BCUT2D eigenvalue weighted by atomic mass is 9.78. The summed E-state index contributed by atoms with van der Waals surface area (Å²) in [5.74, 6) is -11.7. The number of halogens is 1. The lowest BCUT2D eigenvalue weighted by Gasteiger charge is -2.32. The molecule has 600 valence electrons. The summed E-state index contributed by atoms with van der Waals surface area (Å²) in [6.45, 7) is -3.08. The van der Waals surface area contributed by atoms with Crippen molar-refractivity contribution >= 4 is 94.4 Å². The summed E-state index contributed by atoms with van der Waals surface area (Å²) in [6, 6.07) is 8.53. The van der Waals surface area contributed by atoms with Gasteiger partial charge in [0.1, 0.15) is 74.1 Å². The molecule has 5 heterocycles. The lowest BCUT2D eigenvalue weighted by molar-refractivity contribution is -0.172. The highest BCUT2D eigenvalue weighted by Gasteiger charge is 2.48. The van der Waals surface area contributed by atoms with Gasteiger partial charge in [-0.25, -0.2) is 9.18 Å². The van der Waals surface area contributed by atoms with Gasteiger partial charge in [0, 0.05) is 56.1 Å². The van der Waals surface area contributed by atoms with Crippen LogP contribution in [0, 0.1) is 18.2 Å². The minimum atomic E-state index is -2.16. The molecular formula is C71H89FN14O25. The second-order valence-corrected chi connectivity index (χ2v) is 26.6. The summed E-state index contributed by atoms with van der Waals surface area (Å²) in [5.41, 5.74) is 4.88. The second-order valence-electron chi connectivity index (χ2n) is 26.6. The molecule has 0 spiro atoms. The largest absolute Gasteiger partial charge is 0.458 e. The molecule has 13 atom stereocenters. The van der Waals surface area contributed by atoms with Crippen molar-refractivity contribution in [3.8, 4) is 0 Å². The summed E-state index contributed by atoms with van der Waals surface area (Å²) in [5, 5.41) is 99.5. The van der Waals surface area contributed by atoms with E-state index in [4.69, 9.17) is 24.7 Å². The minimum absolute atomic E-state index is 0.00514. The zero-order valence-electron chi connectivity index (χ0n) is 60.3. The van der Waals surface area contributed by atoms with Gasteiger partial charge < -0.3 is 118 Å². The number of nitrogens with zero attached hydrogens (tertiary/aromatic N) is 1. The quantitative estimate of drug-likeness (QED) is 0.0110. The maximum absolute atomic E-state index is 15.1. The molecule has 8 rings (SSSR count). The number of hydrogen-bond acceptors (Lipinski definition) is 26. The first-order chi connectivity index (χ1) is 52.8. The van der Waals surface area contributed by atoms with E-state index < -0.39 is 252 Å². The number of primary amides is 1. The minimum Gasteiger partial charge on any atom is -0.458 e. The summed E-state index contributed by atoms with van der Waals surface area (Å²) < 4.78 is 38.2. The molecule has 20 N–H and O–H groups in total. The van der Waals surface area contributed by atoms with Gasteiger partial charge in [0.15, 0.2) is 11.7 Å². The van der Waals surface area contributed by atoms with Crippen molar-refractivity contribution in [2.45, 2.75) is 163 Å². The Bertz CT molecular complexity index is 4200. The normalized spacial score (nSPS) is 23.0. The van der Waals surface area contributed by atoms with Gasteiger partial charge >= 0.3 is 5.97 Å². The molecule has 0 unspecified atom stereocenters. The molecule has 0 bridgehead atoms. The first-order valence-corrected chi connectivity index (χ1v) is 35.4. The van der Waals surface area contributed by atoms with Crippen LogP contribution in [0.15, 0.2) is 71.1 Å². The smallest absolute Gasteiger partial charge is 0.343 e. The van der Waals surface area contributed by atoms with Crippen LogP contribution in [0.4, 0.5) is 4.39 Å². The van der Waals surface area contributed by atoms with Crippen molar-refractivity contribution in [1.29, 1.82) is 5.41 Å². The Morgan fingerprint density at radius 3 is 1.96 bits per heavy atom. The molecule has 1 aromatic heterocycles. The van der Waals surface area contributed by atoms with E-state index in [0.717, 1.165) is 12.2 Å². The van der Waals surface area contributed by atoms with Crippen LogP contribution in [0.25, 0.3) is 5.57 Å². The molecule has 111 heavy (non-hydrogen) atoms. The van der Waals surface area contributed by atoms with Gasteiger partial charge in [-0.05, 0) is 78.6 Å². The fourth-order valence-electron chi connectivity index (χ4n) is 13.0. The van der Waals surface area contributed by atoms with Crippen LogP contribution in [-0.2, 0) is 118 Å². The van der Waals surface area contributed by atoms with Crippen molar-refractivity contribution in [1.82, 2.24) is 63.1 Å². The van der Waals surface area contributed by atoms with E-state index in [9.17, 15) is 108 Å². The highest BCUT2D eigenvalue weighted by molar-refractivity contribution is 6.17. The van der Waals surface area contributed by atoms with Crippen LogP contribution < -0.4 is 69.8 Å². The monoisotopic (exact) mass is 1560 g/mol. The fraction of sp³-hybridized carbons (Fsp3) is 0.493. The van der Waals surface area contributed by atoms with E-state index in [-0.39, 0.29) is 73.4 Å². The number of hydrogen-bond donors (Lipinski definition) is 19. The molecule has 0 radical (unpaired) electrons. The highest BCUT2D eigenvalue weighted by Crippen LogP contribution is 2.41. The number of aliphatic hydroxyl groups is 6. The van der Waals surface area contributed by atoms with E-state index >= 15 is 4.39 Å². The van der Waals surface area contributed by atoms with Crippen LogP contribution in [0.5, 0.6) is 0 Å². The van der Waals surface area contributed by atoms with E-state index in [1.54, 1.807) is 37.3 Å². The predicted octanol–water partition coefficient (Wildman–Crippen LogP) is -8.14. The van der Waals surface area contributed by atoms with Crippen molar-refractivity contribution in [2.24, 2.45) is 5.73 Å². The maximum atomic E-state index is 15.1. The van der Waals surface area contributed by atoms with E-state index in [1.807, 2.05) is 0 Å². The molecule has 12 amide bonds. The zero-order valence-corrected chi connectivity index (χ0v) is 60.3.